The maximum Gasteiger partial charge on any atom is 0.341 e. The summed E-state index contributed by atoms with van der Waals surface area (Å²) >= 11 is 0. The number of nitrogens with zero attached hydrogens (tertiary/aromatic N) is 2. The molecule has 0 spiro atoms. The minimum absolute atomic E-state index is 0.220. The zero-order valence-electron chi connectivity index (χ0n) is 10.2. The van der Waals surface area contributed by atoms with E-state index in [9.17, 15) is 9.59 Å². The van der Waals surface area contributed by atoms with Crippen LogP contribution in [0, 0.1) is 0 Å². The van der Waals surface area contributed by atoms with Crippen LogP contribution in [0.1, 0.15) is 26.3 Å². The van der Waals surface area contributed by atoms with E-state index >= 15 is 0 Å². The van der Waals surface area contributed by atoms with Crippen molar-refractivity contribution in [1.82, 2.24) is 9.78 Å². The Balaban J connectivity index is 2.17. The van der Waals surface area contributed by atoms with Crippen LogP contribution >= 0.6 is 0 Å². The van der Waals surface area contributed by atoms with E-state index in [1.54, 1.807) is 29.1 Å². The van der Waals surface area contributed by atoms with Gasteiger partial charge in [0.2, 0.25) is 0 Å². The van der Waals surface area contributed by atoms with Crippen LogP contribution in [0.2, 0.25) is 0 Å². The van der Waals surface area contributed by atoms with E-state index in [0.29, 0.717) is 12.1 Å². The molecule has 6 heteroatoms. The molecule has 0 aliphatic rings. The molecule has 0 saturated heterocycles. The van der Waals surface area contributed by atoms with Crippen LogP contribution in [-0.2, 0) is 11.3 Å². The molecule has 1 aromatic carbocycles. The molecule has 1 aromatic heterocycles. The molecule has 0 saturated carbocycles. The molecule has 19 heavy (non-hydrogen) atoms. The Bertz CT molecular complexity index is 619. The van der Waals surface area contributed by atoms with E-state index in [4.69, 9.17) is 5.11 Å². The van der Waals surface area contributed by atoms with Gasteiger partial charge in [-0.05, 0) is 17.7 Å². The maximum absolute atomic E-state index is 11.3. The third-order valence-electron chi connectivity index (χ3n) is 2.57. The lowest BCUT2D eigenvalue weighted by Gasteiger charge is -2.03. The van der Waals surface area contributed by atoms with Crippen molar-refractivity contribution in [2.75, 3.05) is 7.11 Å². The first-order valence-corrected chi connectivity index (χ1v) is 5.53. The smallest absolute Gasteiger partial charge is 0.341 e. The predicted molar refractivity (Wildman–Crippen MR) is 66.1 cm³/mol. The minimum atomic E-state index is -0.974. The summed E-state index contributed by atoms with van der Waals surface area (Å²) in [5.74, 6) is -1.43. The van der Waals surface area contributed by atoms with Crippen LogP contribution in [0.5, 0.6) is 0 Å². The number of hydrogen-bond donors (Lipinski definition) is 1. The van der Waals surface area contributed by atoms with Gasteiger partial charge < -0.3 is 9.84 Å². The number of rotatable bonds is 4. The van der Waals surface area contributed by atoms with Gasteiger partial charge in [0.15, 0.2) is 0 Å². The summed E-state index contributed by atoms with van der Waals surface area (Å²) in [6, 6.07) is 6.56. The quantitative estimate of drug-likeness (QED) is 0.841. The molecular formula is C13H12N2O4. The molecule has 2 aromatic rings. The number of carboxylic acids is 1. The van der Waals surface area contributed by atoms with Crippen molar-refractivity contribution in [3.63, 3.8) is 0 Å². The van der Waals surface area contributed by atoms with Gasteiger partial charge in [-0.25, -0.2) is 9.59 Å². The molecule has 98 valence electrons. The summed E-state index contributed by atoms with van der Waals surface area (Å²) in [5.41, 5.74) is 1.37. The molecule has 1 heterocycles. The Kier molecular flexibility index (Phi) is 3.61. The minimum Gasteiger partial charge on any atom is -0.478 e. The maximum atomic E-state index is 11.3. The first-order chi connectivity index (χ1) is 9.10. The second-order valence-electron chi connectivity index (χ2n) is 3.92. The number of carbonyl (C=O) groups is 2. The highest BCUT2D eigenvalue weighted by Gasteiger charge is 2.09. The number of esters is 1. The first-order valence-electron chi connectivity index (χ1n) is 5.53. The lowest BCUT2D eigenvalue weighted by molar-refractivity contribution is 0.0599. The number of aromatic nitrogens is 2. The number of methoxy groups -OCH3 is 1. The molecule has 6 nitrogen and oxygen atoms in total. The topological polar surface area (TPSA) is 81.4 Å². The normalized spacial score (nSPS) is 10.2. The number of aromatic carboxylic acids is 1. The lowest BCUT2D eigenvalue weighted by Crippen LogP contribution is -2.03. The molecule has 0 fully saturated rings. The summed E-state index contributed by atoms with van der Waals surface area (Å²) in [5, 5.41) is 12.9. The number of ether oxygens (including phenoxy) is 1. The Morgan fingerprint density at radius 3 is 2.84 bits per heavy atom. The molecule has 0 aliphatic carbocycles. The third-order valence-corrected chi connectivity index (χ3v) is 2.57. The van der Waals surface area contributed by atoms with Crippen molar-refractivity contribution < 1.29 is 19.4 Å². The van der Waals surface area contributed by atoms with Crippen LogP contribution in [0.4, 0.5) is 0 Å². The summed E-state index contributed by atoms with van der Waals surface area (Å²) in [4.78, 5) is 22.1. The fourth-order valence-electron chi connectivity index (χ4n) is 1.66. The van der Waals surface area contributed by atoms with Crippen LogP contribution in [0.3, 0.4) is 0 Å². The second kappa shape index (κ2) is 5.34. The molecule has 1 N–H and O–H groups in total. The monoisotopic (exact) mass is 260 g/mol. The van der Waals surface area contributed by atoms with Crippen LogP contribution < -0.4 is 0 Å². The molecule has 0 radical (unpaired) electrons. The molecular weight excluding hydrogens is 248 g/mol. The number of benzene rings is 1. The van der Waals surface area contributed by atoms with Crippen molar-refractivity contribution in [2.45, 2.75) is 6.54 Å². The number of hydrogen-bond acceptors (Lipinski definition) is 4. The van der Waals surface area contributed by atoms with Crippen LogP contribution in [0.15, 0.2) is 36.7 Å². The average molecular weight is 260 g/mol. The van der Waals surface area contributed by atoms with Crippen molar-refractivity contribution in [3.8, 4) is 0 Å². The largest absolute Gasteiger partial charge is 0.478 e. The van der Waals surface area contributed by atoms with Gasteiger partial charge in [0.1, 0.15) is 0 Å². The van der Waals surface area contributed by atoms with Gasteiger partial charge in [-0.1, -0.05) is 12.1 Å². The van der Waals surface area contributed by atoms with Gasteiger partial charge in [-0.15, -0.1) is 0 Å². The van der Waals surface area contributed by atoms with E-state index < -0.39 is 11.9 Å². The van der Waals surface area contributed by atoms with Crippen molar-refractivity contribution in [2.24, 2.45) is 0 Å². The molecule has 0 atom stereocenters. The summed E-state index contributed by atoms with van der Waals surface area (Å²) < 4.78 is 6.13. The molecule has 0 unspecified atom stereocenters. The molecule has 0 bridgehead atoms. The average Bonchev–Trinajstić information content (AvgIpc) is 2.86. The van der Waals surface area contributed by atoms with Crippen molar-refractivity contribution in [1.29, 1.82) is 0 Å². The first kappa shape index (κ1) is 12.8. The standard InChI is InChI=1S/C13H12N2O4/c1-19-13(18)11-6-14-15(8-11)7-9-3-2-4-10(5-9)12(16)17/h2-6,8H,7H2,1H3,(H,16,17). The van der Waals surface area contributed by atoms with E-state index in [1.165, 1.54) is 19.4 Å². The Morgan fingerprint density at radius 2 is 2.16 bits per heavy atom. The zero-order valence-corrected chi connectivity index (χ0v) is 10.2. The van der Waals surface area contributed by atoms with E-state index in [0.717, 1.165) is 5.56 Å². The highest BCUT2D eigenvalue weighted by molar-refractivity contribution is 5.88. The van der Waals surface area contributed by atoms with E-state index in [-0.39, 0.29) is 5.56 Å². The second-order valence-corrected chi connectivity index (χ2v) is 3.92. The van der Waals surface area contributed by atoms with Gasteiger partial charge in [-0.2, -0.15) is 5.10 Å². The van der Waals surface area contributed by atoms with Crippen molar-refractivity contribution in [3.05, 3.63) is 53.3 Å². The highest BCUT2D eigenvalue weighted by Crippen LogP contribution is 2.08. The fraction of sp³-hybridized carbons (Fsp3) is 0.154. The van der Waals surface area contributed by atoms with Gasteiger partial charge in [0.25, 0.3) is 0 Å². The summed E-state index contributed by atoms with van der Waals surface area (Å²) in [7, 11) is 1.30. The highest BCUT2D eigenvalue weighted by atomic mass is 16.5. The fourth-order valence-corrected chi connectivity index (χ4v) is 1.66. The molecule has 0 amide bonds. The molecule has 2 rings (SSSR count). The summed E-state index contributed by atoms with van der Waals surface area (Å²) in [6.07, 6.45) is 2.96. The summed E-state index contributed by atoms with van der Waals surface area (Å²) in [6.45, 7) is 0.387. The van der Waals surface area contributed by atoms with Gasteiger partial charge in [0.05, 0.1) is 31.0 Å². The predicted octanol–water partition coefficient (Wildman–Crippen LogP) is 1.42. The third kappa shape index (κ3) is 2.98. The SMILES string of the molecule is COC(=O)c1cnn(Cc2cccc(C(=O)O)c2)c1. The Morgan fingerprint density at radius 1 is 1.37 bits per heavy atom. The van der Waals surface area contributed by atoms with Crippen LogP contribution in [0.25, 0.3) is 0 Å². The van der Waals surface area contributed by atoms with Crippen LogP contribution in [-0.4, -0.2) is 33.9 Å². The lowest BCUT2D eigenvalue weighted by atomic mass is 10.1. The molecule has 0 aliphatic heterocycles. The van der Waals surface area contributed by atoms with E-state index in [2.05, 4.69) is 9.84 Å². The van der Waals surface area contributed by atoms with Gasteiger partial charge in [-0.3, -0.25) is 4.68 Å². The van der Waals surface area contributed by atoms with E-state index in [1.807, 2.05) is 0 Å². The number of carbonyl (C=O) groups excluding carboxylic acids is 1. The van der Waals surface area contributed by atoms with Gasteiger partial charge >= 0.3 is 11.9 Å². The Labute approximate surface area is 109 Å². The zero-order chi connectivity index (χ0) is 13.8. The Hall–Kier alpha value is -2.63. The number of carboxylic acid groups (broad SMARTS) is 1. The van der Waals surface area contributed by atoms with Crippen molar-refractivity contribution >= 4 is 11.9 Å². The van der Waals surface area contributed by atoms with Gasteiger partial charge in [0, 0.05) is 6.20 Å².